The highest BCUT2D eigenvalue weighted by molar-refractivity contribution is 6.06. The Morgan fingerprint density at radius 3 is 2.30 bits per heavy atom. The fourth-order valence-electron chi connectivity index (χ4n) is 7.10. The first-order valence-corrected chi connectivity index (χ1v) is 14.9. The Kier molecular flexibility index (Phi) is 5.71. The molecule has 1 nitrogen and oxygen atoms in total. The number of hydrogen-bond donors (Lipinski definition) is 0. The van der Waals surface area contributed by atoms with Crippen LogP contribution in [0.2, 0.25) is 0 Å². The minimum atomic E-state index is -0.218. The van der Waals surface area contributed by atoms with Crippen molar-refractivity contribution in [2.24, 2.45) is 0 Å². The van der Waals surface area contributed by atoms with Crippen molar-refractivity contribution < 1.29 is 8.81 Å². The second-order valence-corrected chi connectivity index (χ2v) is 12.4. The third-order valence-corrected chi connectivity index (χ3v) is 9.29. The van der Waals surface area contributed by atoms with Gasteiger partial charge in [0.2, 0.25) is 0 Å². The molecule has 6 aromatic carbocycles. The molecule has 0 amide bonds. The van der Waals surface area contributed by atoms with E-state index in [2.05, 4.69) is 99.6 Å². The van der Waals surface area contributed by atoms with E-state index in [1.165, 1.54) is 44.7 Å². The van der Waals surface area contributed by atoms with Gasteiger partial charge in [-0.2, -0.15) is 0 Å². The van der Waals surface area contributed by atoms with E-state index in [0.717, 1.165) is 44.2 Å². The average Bonchev–Trinajstić information content (AvgIpc) is 3.49. The van der Waals surface area contributed by atoms with Gasteiger partial charge < -0.3 is 4.42 Å². The Morgan fingerprint density at radius 1 is 0.698 bits per heavy atom. The minimum absolute atomic E-state index is 0.126. The minimum Gasteiger partial charge on any atom is -0.456 e. The Labute approximate surface area is 250 Å². The zero-order valence-corrected chi connectivity index (χ0v) is 24.5. The first kappa shape index (κ1) is 25.7. The average molecular weight is 559 g/mol. The van der Waals surface area contributed by atoms with E-state index in [1.807, 2.05) is 24.3 Å². The Balaban J connectivity index is 1.29. The van der Waals surface area contributed by atoms with Gasteiger partial charge in [0.1, 0.15) is 17.0 Å². The quantitative estimate of drug-likeness (QED) is 0.196. The van der Waals surface area contributed by atoms with Gasteiger partial charge in [0, 0.05) is 16.2 Å². The van der Waals surface area contributed by atoms with Gasteiger partial charge in [-0.1, -0.05) is 105 Å². The van der Waals surface area contributed by atoms with Crippen molar-refractivity contribution in [2.45, 2.75) is 32.6 Å². The van der Waals surface area contributed by atoms with Crippen LogP contribution >= 0.6 is 0 Å². The molecule has 1 aliphatic rings. The van der Waals surface area contributed by atoms with Crippen LogP contribution in [0.15, 0.2) is 120 Å². The van der Waals surface area contributed by atoms with Gasteiger partial charge in [0.25, 0.3) is 0 Å². The largest absolute Gasteiger partial charge is 0.456 e. The summed E-state index contributed by atoms with van der Waals surface area (Å²) in [5.74, 6) is -0.218. The lowest BCUT2D eigenvalue weighted by molar-refractivity contribution is 0.626. The van der Waals surface area contributed by atoms with E-state index in [4.69, 9.17) is 4.42 Å². The maximum absolute atomic E-state index is 14.2. The molecule has 2 heteroatoms. The van der Waals surface area contributed by atoms with Gasteiger partial charge in [-0.05, 0) is 105 Å². The second-order valence-electron chi connectivity index (χ2n) is 12.4. The molecule has 0 unspecified atom stereocenters. The summed E-state index contributed by atoms with van der Waals surface area (Å²) in [4.78, 5) is 0. The van der Waals surface area contributed by atoms with Crippen molar-refractivity contribution in [3.63, 3.8) is 0 Å². The maximum atomic E-state index is 14.2. The molecule has 1 aromatic heterocycles. The molecule has 0 aliphatic heterocycles. The summed E-state index contributed by atoms with van der Waals surface area (Å²) >= 11 is 0. The molecule has 0 bridgehead atoms. The van der Waals surface area contributed by atoms with Crippen molar-refractivity contribution >= 4 is 44.4 Å². The molecular weight excluding hydrogens is 527 g/mol. The van der Waals surface area contributed by atoms with E-state index >= 15 is 0 Å². The van der Waals surface area contributed by atoms with Crippen molar-refractivity contribution in [1.29, 1.82) is 0 Å². The molecule has 0 saturated carbocycles. The van der Waals surface area contributed by atoms with Crippen LogP contribution in [0, 0.1) is 12.7 Å². The number of aryl methyl sites for hydroxylation is 1. The van der Waals surface area contributed by atoms with Crippen LogP contribution in [0.1, 0.15) is 47.2 Å². The van der Waals surface area contributed by atoms with E-state index < -0.39 is 0 Å². The number of fused-ring (bicyclic) bond motifs is 8. The van der Waals surface area contributed by atoms with Gasteiger partial charge in [-0.15, -0.1) is 0 Å². The van der Waals surface area contributed by atoms with Crippen LogP contribution in [0.5, 0.6) is 0 Å². The van der Waals surface area contributed by atoms with Gasteiger partial charge in [-0.3, -0.25) is 0 Å². The van der Waals surface area contributed by atoms with Crippen LogP contribution in [0.3, 0.4) is 0 Å². The summed E-state index contributed by atoms with van der Waals surface area (Å²) in [6.45, 7) is 6.89. The monoisotopic (exact) mass is 558 g/mol. The van der Waals surface area contributed by atoms with Crippen LogP contribution in [0.25, 0.3) is 55.5 Å². The SMILES string of the molecule is Cc1cc2c(c3ccccc13)-c1ccc(/C=C(/Cc3cccc(F)c3)c3ccc4c(c3)oc3ccccc34)cc1C2(C)C. The normalized spacial score (nSPS) is 14.0. The summed E-state index contributed by atoms with van der Waals surface area (Å²) < 4.78 is 20.5. The predicted molar refractivity (Wildman–Crippen MR) is 178 cm³/mol. The van der Waals surface area contributed by atoms with Gasteiger partial charge in [-0.25, -0.2) is 4.39 Å². The smallest absolute Gasteiger partial charge is 0.136 e. The second kappa shape index (κ2) is 9.54. The molecular formula is C41H31FO. The van der Waals surface area contributed by atoms with Gasteiger partial charge in [0.05, 0.1) is 0 Å². The first-order chi connectivity index (χ1) is 20.9. The van der Waals surface area contributed by atoms with Crippen LogP contribution in [0.4, 0.5) is 4.39 Å². The molecule has 0 spiro atoms. The molecule has 0 radical (unpaired) electrons. The number of benzene rings is 6. The number of allylic oxidation sites excluding steroid dienone is 1. The van der Waals surface area contributed by atoms with Crippen molar-refractivity contribution in [1.82, 2.24) is 0 Å². The maximum Gasteiger partial charge on any atom is 0.136 e. The summed E-state index contributed by atoms with van der Waals surface area (Å²) in [6, 6.07) is 39.5. The highest BCUT2D eigenvalue weighted by Gasteiger charge is 2.36. The summed E-state index contributed by atoms with van der Waals surface area (Å²) in [7, 11) is 0. The molecule has 0 saturated heterocycles. The standard InChI is InChI=1S/C41H31FO/c1-25-19-37-40(34-13-5-4-11-31(25)34)35-17-15-27(23-36(35)41(37,2)3)21-29(20-26-9-8-10-30(42)22-26)28-16-18-33-32-12-6-7-14-38(32)43-39(33)24-28/h4-19,21-24H,20H2,1-3H3/b29-21-. The molecule has 43 heavy (non-hydrogen) atoms. The third kappa shape index (κ3) is 4.12. The predicted octanol–water partition coefficient (Wildman–Crippen LogP) is 11.3. The molecule has 0 atom stereocenters. The zero-order valence-electron chi connectivity index (χ0n) is 24.5. The van der Waals surface area contributed by atoms with Gasteiger partial charge >= 0.3 is 0 Å². The third-order valence-electron chi connectivity index (χ3n) is 9.29. The van der Waals surface area contributed by atoms with E-state index in [-0.39, 0.29) is 11.2 Å². The summed E-state index contributed by atoms with van der Waals surface area (Å²) in [5, 5.41) is 4.85. The van der Waals surface area contributed by atoms with Crippen molar-refractivity contribution in [3.05, 3.63) is 154 Å². The molecule has 208 valence electrons. The zero-order chi connectivity index (χ0) is 29.3. The first-order valence-electron chi connectivity index (χ1n) is 14.9. The van der Waals surface area contributed by atoms with E-state index in [9.17, 15) is 4.39 Å². The lowest BCUT2D eigenvalue weighted by atomic mass is 9.80. The highest BCUT2D eigenvalue weighted by atomic mass is 19.1. The molecule has 0 fully saturated rings. The lowest BCUT2D eigenvalue weighted by Gasteiger charge is -2.22. The van der Waals surface area contributed by atoms with Crippen LogP contribution in [-0.2, 0) is 11.8 Å². The number of furan rings is 1. The van der Waals surface area contributed by atoms with Gasteiger partial charge in [0.15, 0.2) is 0 Å². The molecule has 7 aromatic rings. The fourth-order valence-corrected chi connectivity index (χ4v) is 7.10. The molecule has 0 N–H and O–H groups in total. The van der Waals surface area contributed by atoms with E-state index in [1.54, 1.807) is 12.1 Å². The summed E-state index contributed by atoms with van der Waals surface area (Å²) in [6.07, 6.45) is 2.87. The number of para-hydroxylation sites is 1. The van der Waals surface area contributed by atoms with Crippen LogP contribution < -0.4 is 0 Å². The molecule has 8 rings (SSSR count). The molecule has 1 heterocycles. The number of rotatable bonds is 4. The number of hydrogen-bond acceptors (Lipinski definition) is 1. The summed E-state index contributed by atoms with van der Waals surface area (Å²) in [5.41, 5.74) is 12.6. The topological polar surface area (TPSA) is 13.1 Å². The number of halogens is 1. The fraction of sp³-hybridized carbons (Fsp3) is 0.122. The van der Waals surface area contributed by atoms with Crippen LogP contribution in [-0.4, -0.2) is 0 Å². The highest BCUT2D eigenvalue weighted by Crippen LogP contribution is 2.52. The van der Waals surface area contributed by atoms with Crippen molar-refractivity contribution in [2.75, 3.05) is 0 Å². The van der Waals surface area contributed by atoms with E-state index in [0.29, 0.717) is 6.42 Å². The molecule has 1 aliphatic carbocycles. The Morgan fingerprint density at radius 2 is 1.47 bits per heavy atom. The Hall–Kier alpha value is -4.95. The lowest BCUT2D eigenvalue weighted by Crippen LogP contribution is -2.15. The Bertz CT molecular complexity index is 2260. The van der Waals surface area contributed by atoms with Crippen molar-refractivity contribution in [3.8, 4) is 11.1 Å².